The summed E-state index contributed by atoms with van der Waals surface area (Å²) < 4.78 is 0. The van der Waals surface area contributed by atoms with Crippen LogP contribution in [0.5, 0.6) is 0 Å². The number of carbonyl (C=O) groups excluding carboxylic acids is 1. The molecule has 0 fully saturated rings. The minimum Gasteiger partial charge on any atom is -0.300 e. The highest BCUT2D eigenvalue weighted by atomic mass is 16.1. The van der Waals surface area contributed by atoms with Crippen molar-refractivity contribution in [1.29, 1.82) is 0 Å². The molecule has 0 N–H and O–H groups in total. The van der Waals surface area contributed by atoms with Crippen molar-refractivity contribution in [1.82, 2.24) is 0 Å². The Morgan fingerprint density at radius 2 is 1.82 bits per heavy atom. The summed E-state index contributed by atoms with van der Waals surface area (Å²) in [5.41, 5.74) is 0. The Kier molecular flexibility index (Phi) is 6.54. The highest BCUT2D eigenvalue weighted by molar-refractivity contribution is 5.75. The van der Waals surface area contributed by atoms with E-state index in [9.17, 15) is 4.79 Å². The summed E-state index contributed by atoms with van der Waals surface area (Å²) in [7, 11) is 0. The van der Waals surface area contributed by atoms with Crippen molar-refractivity contribution in [2.45, 2.75) is 65.7 Å². The summed E-state index contributed by atoms with van der Waals surface area (Å²) >= 11 is 0. The molecule has 98 valence electrons. The van der Waals surface area contributed by atoms with Gasteiger partial charge in [0.15, 0.2) is 0 Å². The molecular formula is C16H28O. The van der Waals surface area contributed by atoms with Gasteiger partial charge in [-0.25, -0.2) is 0 Å². The fraction of sp³-hybridized carbons (Fsp3) is 0.812. The first-order valence-corrected chi connectivity index (χ1v) is 7.33. The highest BCUT2D eigenvalue weighted by Gasteiger charge is 2.26. The van der Waals surface area contributed by atoms with Gasteiger partial charge in [-0.3, -0.25) is 0 Å². The van der Waals surface area contributed by atoms with Gasteiger partial charge in [0.25, 0.3) is 0 Å². The molecule has 1 unspecified atom stereocenters. The zero-order chi connectivity index (χ0) is 12.7. The number of carbonyl (C=O) groups is 1. The standard InChI is InChI=1S/C16H28O/c1-4-15-12-11-13(2)16(15)10-8-6-5-7-9-14(3)17/h11-13,15-16H,4-10H2,1-3H3/t13?,15-,16+/m0/s1. The van der Waals surface area contributed by atoms with Crippen molar-refractivity contribution in [3.63, 3.8) is 0 Å². The largest absolute Gasteiger partial charge is 0.300 e. The second-order valence-electron chi connectivity index (χ2n) is 5.63. The lowest BCUT2D eigenvalue weighted by Crippen LogP contribution is -2.13. The molecule has 0 amide bonds. The maximum atomic E-state index is 10.8. The van der Waals surface area contributed by atoms with Crippen molar-refractivity contribution in [3.8, 4) is 0 Å². The molecule has 1 aliphatic rings. The van der Waals surface area contributed by atoms with Gasteiger partial charge in [0.1, 0.15) is 5.78 Å². The van der Waals surface area contributed by atoms with E-state index in [0.717, 1.165) is 30.6 Å². The van der Waals surface area contributed by atoms with Crippen LogP contribution in [-0.4, -0.2) is 5.78 Å². The molecule has 0 aromatic rings. The van der Waals surface area contributed by atoms with Crippen molar-refractivity contribution in [2.75, 3.05) is 0 Å². The van der Waals surface area contributed by atoms with Crippen molar-refractivity contribution in [3.05, 3.63) is 12.2 Å². The number of rotatable bonds is 8. The van der Waals surface area contributed by atoms with E-state index in [1.165, 1.54) is 32.1 Å². The number of ketones is 1. The first kappa shape index (κ1) is 14.5. The number of hydrogen-bond donors (Lipinski definition) is 0. The molecule has 0 bridgehead atoms. The van der Waals surface area contributed by atoms with Gasteiger partial charge in [-0.05, 0) is 43.9 Å². The lowest BCUT2D eigenvalue weighted by atomic mass is 9.83. The molecular weight excluding hydrogens is 208 g/mol. The summed E-state index contributed by atoms with van der Waals surface area (Å²) in [5, 5.41) is 0. The van der Waals surface area contributed by atoms with E-state index in [4.69, 9.17) is 0 Å². The second-order valence-corrected chi connectivity index (χ2v) is 5.63. The number of allylic oxidation sites excluding steroid dienone is 2. The molecule has 1 aliphatic carbocycles. The summed E-state index contributed by atoms with van der Waals surface area (Å²) in [6.07, 6.45) is 13.2. The monoisotopic (exact) mass is 236 g/mol. The topological polar surface area (TPSA) is 17.1 Å². The van der Waals surface area contributed by atoms with Crippen molar-refractivity contribution >= 4 is 5.78 Å². The molecule has 0 spiro atoms. The smallest absolute Gasteiger partial charge is 0.129 e. The van der Waals surface area contributed by atoms with E-state index in [1.807, 2.05) is 0 Å². The molecule has 0 radical (unpaired) electrons. The molecule has 0 saturated heterocycles. The molecule has 0 aromatic carbocycles. The van der Waals surface area contributed by atoms with Crippen LogP contribution in [0.2, 0.25) is 0 Å². The van der Waals surface area contributed by atoms with Crippen LogP contribution in [0.4, 0.5) is 0 Å². The molecule has 0 aliphatic heterocycles. The third-order valence-electron chi connectivity index (χ3n) is 4.17. The Labute approximate surface area is 107 Å². The minimum absolute atomic E-state index is 0.338. The maximum absolute atomic E-state index is 10.8. The number of Topliss-reactive ketones (excluding diaryl/α,β-unsaturated/α-hetero) is 1. The molecule has 1 heteroatoms. The van der Waals surface area contributed by atoms with Gasteiger partial charge in [0.05, 0.1) is 0 Å². The third kappa shape index (κ3) is 5.06. The Morgan fingerprint density at radius 1 is 1.12 bits per heavy atom. The first-order valence-electron chi connectivity index (χ1n) is 7.33. The second kappa shape index (κ2) is 7.68. The average molecular weight is 236 g/mol. The number of unbranched alkanes of at least 4 members (excludes halogenated alkanes) is 3. The molecule has 1 nitrogen and oxygen atoms in total. The van der Waals surface area contributed by atoms with Crippen LogP contribution in [0.15, 0.2) is 12.2 Å². The molecule has 0 saturated carbocycles. The van der Waals surface area contributed by atoms with Crippen LogP contribution in [-0.2, 0) is 4.79 Å². The lowest BCUT2D eigenvalue weighted by Gasteiger charge is -2.22. The fourth-order valence-corrected chi connectivity index (χ4v) is 3.02. The van der Waals surface area contributed by atoms with Crippen molar-refractivity contribution in [2.24, 2.45) is 17.8 Å². The minimum atomic E-state index is 0.338. The van der Waals surface area contributed by atoms with E-state index in [-0.39, 0.29) is 0 Å². The summed E-state index contributed by atoms with van der Waals surface area (Å²) in [6.45, 7) is 6.34. The Balaban J connectivity index is 2.08. The van der Waals surface area contributed by atoms with Crippen LogP contribution in [0.3, 0.4) is 0 Å². The first-order chi connectivity index (χ1) is 8.15. The van der Waals surface area contributed by atoms with Gasteiger partial charge in [-0.2, -0.15) is 0 Å². The Hall–Kier alpha value is -0.590. The Bertz CT molecular complexity index is 254. The van der Waals surface area contributed by atoms with E-state index < -0.39 is 0 Å². The molecule has 0 heterocycles. The molecule has 1 rings (SSSR count). The highest BCUT2D eigenvalue weighted by Crippen LogP contribution is 2.36. The van der Waals surface area contributed by atoms with E-state index in [0.29, 0.717) is 5.78 Å². The normalized spacial score (nSPS) is 27.6. The predicted octanol–water partition coefficient (Wildman–Crippen LogP) is 4.76. The third-order valence-corrected chi connectivity index (χ3v) is 4.17. The van der Waals surface area contributed by atoms with Crippen LogP contribution >= 0.6 is 0 Å². The summed E-state index contributed by atoms with van der Waals surface area (Å²) in [5.74, 6) is 2.82. The average Bonchev–Trinajstić information content (AvgIpc) is 2.64. The lowest BCUT2D eigenvalue weighted by molar-refractivity contribution is -0.117. The fourth-order valence-electron chi connectivity index (χ4n) is 3.02. The summed E-state index contributed by atoms with van der Waals surface area (Å²) in [6, 6.07) is 0. The Morgan fingerprint density at radius 3 is 2.47 bits per heavy atom. The van der Waals surface area contributed by atoms with E-state index >= 15 is 0 Å². The van der Waals surface area contributed by atoms with Gasteiger partial charge in [0.2, 0.25) is 0 Å². The quantitative estimate of drug-likeness (QED) is 0.438. The van der Waals surface area contributed by atoms with Gasteiger partial charge in [-0.1, -0.05) is 45.3 Å². The van der Waals surface area contributed by atoms with Crippen LogP contribution in [0, 0.1) is 17.8 Å². The van der Waals surface area contributed by atoms with Crippen LogP contribution in [0.25, 0.3) is 0 Å². The predicted molar refractivity (Wildman–Crippen MR) is 74.0 cm³/mol. The van der Waals surface area contributed by atoms with E-state index in [1.54, 1.807) is 6.92 Å². The zero-order valence-corrected chi connectivity index (χ0v) is 11.7. The van der Waals surface area contributed by atoms with Gasteiger partial charge in [0, 0.05) is 6.42 Å². The van der Waals surface area contributed by atoms with E-state index in [2.05, 4.69) is 26.0 Å². The molecule has 3 atom stereocenters. The van der Waals surface area contributed by atoms with Crippen molar-refractivity contribution < 1.29 is 4.79 Å². The number of hydrogen-bond acceptors (Lipinski definition) is 1. The van der Waals surface area contributed by atoms with Gasteiger partial charge >= 0.3 is 0 Å². The maximum Gasteiger partial charge on any atom is 0.129 e. The van der Waals surface area contributed by atoms with Gasteiger partial charge < -0.3 is 4.79 Å². The summed E-state index contributed by atoms with van der Waals surface area (Å²) in [4.78, 5) is 10.8. The molecule has 0 aromatic heterocycles. The van der Waals surface area contributed by atoms with Gasteiger partial charge in [-0.15, -0.1) is 0 Å². The van der Waals surface area contributed by atoms with Crippen LogP contribution < -0.4 is 0 Å². The van der Waals surface area contributed by atoms with Crippen LogP contribution in [0.1, 0.15) is 65.7 Å². The molecule has 17 heavy (non-hydrogen) atoms. The SMILES string of the molecule is CC[C@H]1C=CC(C)[C@H]1CCCCCCC(C)=O. The zero-order valence-electron chi connectivity index (χ0n) is 11.7.